The van der Waals surface area contributed by atoms with Gasteiger partial charge in [-0.3, -0.25) is 11.3 Å². The number of thiazole rings is 1. The van der Waals surface area contributed by atoms with Crippen LogP contribution < -0.4 is 11.3 Å². The zero-order valence-electron chi connectivity index (χ0n) is 12.3. The maximum atomic E-state index is 5.63. The molecule has 104 valence electrons. The first-order chi connectivity index (χ1) is 8.32. The topological polar surface area (TPSA) is 50.9 Å². The third-order valence-electron chi connectivity index (χ3n) is 3.07. The molecule has 1 unspecified atom stereocenters. The molecule has 0 aliphatic carbocycles. The Morgan fingerprint density at radius 2 is 2.00 bits per heavy atom. The van der Waals surface area contributed by atoms with Crippen molar-refractivity contribution in [1.29, 1.82) is 0 Å². The van der Waals surface area contributed by atoms with Gasteiger partial charge >= 0.3 is 0 Å². The van der Waals surface area contributed by atoms with Gasteiger partial charge in [0.15, 0.2) is 0 Å². The zero-order valence-corrected chi connectivity index (χ0v) is 13.1. The molecule has 0 saturated carbocycles. The van der Waals surface area contributed by atoms with Crippen LogP contribution in [-0.4, -0.2) is 11.0 Å². The summed E-state index contributed by atoms with van der Waals surface area (Å²) >= 11 is 1.75. The summed E-state index contributed by atoms with van der Waals surface area (Å²) in [5.41, 5.74) is 4.24. The second-order valence-corrected chi connectivity index (χ2v) is 7.36. The Hall–Kier alpha value is -0.450. The van der Waals surface area contributed by atoms with Crippen molar-refractivity contribution < 1.29 is 0 Å². The summed E-state index contributed by atoms with van der Waals surface area (Å²) in [7, 11) is 0. The van der Waals surface area contributed by atoms with Crippen LogP contribution in [-0.2, 0) is 11.8 Å². The average molecular weight is 269 g/mol. The molecule has 0 spiro atoms. The molecule has 4 heteroatoms. The lowest BCUT2D eigenvalue weighted by atomic mass is 9.93. The minimum absolute atomic E-state index is 0.137. The van der Waals surface area contributed by atoms with Crippen molar-refractivity contribution in [3.05, 3.63) is 16.1 Å². The lowest BCUT2D eigenvalue weighted by molar-refractivity contribution is 0.433. The van der Waals surface area contributed by atoms with Gasteiger partial charge in [-0.25, -0.2) is 4.98 Å². The van der Waals surface area contributed by atoms with E-state index in [1.54, 1.807) is 11.3 Å². The van der Waals surface area contributed by atoms with E-state index in [4.69, 9.17) is 10.8 Å². The van der Waals surface area contributed by atoms with E-state index in [-0.39, 0.29) is 5.41 Å². The largest absolute Gasteiger partial charge is 0.271 e. The molecule has 0 amide bonds. The molecule has 0 radical (unpaired) electrons. The van der Waals surface area contributed by atoms with Crippen LogP contribution in [0.25, 0.3) is 0 Å². The van der Waals surface area contributed by atoms with E-state index in [0.29, 0.717) is 6.04 Å². The first kappa shape index (κ1) is 15.6. The minimum Gasteiger partial charge on any atom is -0.271 e. The van der Waals surface area contributed by atoms with Crippen LogP contribution in [0.2, 0.25) is 0 Å². The summed E-state index contributed by atoms with van der Waals surface area (Å²) in [6, 6.07) is 0.339. The van der Waals surface area contributed by atoms with Gasteiger partial charge in [0.05, 0.1) is 10.7 Å². The van der Waals surface area contributed by atoms with Crippen LogP contribution in [0.4, 0.5) is 0 Å². The summed E-state index contributed by atoms with van der Waals surface area (Å²) < 4.78 is 0. The van der Waals surface area contributed by atoms with Gasteiger partial charge in [-0.05, 0) is 18.8 Å². The monoisotopic (exact) mass is 269 g/mol. The fourth-order valence-electron chi connectivity index (χ4n) is 1.74. The molecule has 3 nitrogen and oxygen atoms in total. The Morgan fingerprint density at radius 3 is 2.44 bits per heavy atom. The molecule has 0 aliphatic rings. The molecule has 1 aromatic heterocycles. The highest BCUT2D eigenvalue weighted by Crippen LogP contribution is 2.24. The highest BCUT2D eigenvalue weighted by molar-refractivity contribution is 7.09. The Balaban J connectivity index is 2.57. The summed E-state index contributed by atoms with van der Waals surface area (Å²) in [4.78, 5) is 4.72. The molecular weight excluding hydrogens is 242 g/mol. The Labute approximate surface area is 115 Å². The van der Waals surface area contributed by atoms with Crippen molar-refractivity contribution >= 4 is 11.3 Å². The summed E-state index contributed by atoms with van der Waals surface area (Å²) in [5, 5.41) is 3.36. The van der Waals surface area contributed by atoms with E-state index < -0.39 is 0 Å². The Bertz CT molecular complexity index is 352. The van der Waals surface area contributed by atoms with Crippen molar-refractivity contribution in [2.24, 2.45) is 11.8 Å². The van der Waals surface area contributed by atoms with E-state index in [1.807, 2.05) is 0 Å². The number of hydrogen-bond acceptors (Lipinski definition) is 4. The lowest BCUT2D eigenvalue weighted by Gasteiger charge is -2.16. The zero-order chi connectivity index (χ0) is 13.8. The van der Waals surface area contributed by atoms with Crippen molar-refractivity contribution in [1.82, 2.24) is 10.4 Å². The van der Waals surface area contributed by atoms with Gasteiger partial charge in [0.1, 0.15) is 0 Å². The average Bonchev–Trinajstić information content (AvgIpc) is 2.71. The highest BCUT2D eigenvalue weighted by Gasteiger charge is 2.18. The highest BCUT2D eigenvalue weighted by atomic mass is 32.1. The fraction of sp³-hybridized carbons (Fsp3) is 0.786. The Morgan fingerprint density at radius 1 is 1.33 bits per heavy atom. The van der Waals surface area contributed by atoms with Gasteiger partial charge in [0.2, 0.25) is 0 Å². The molecule has 18 heavy (non-hydrogen) atoms. The van der Waals surface area contributed by atoms with Crippen molar-refractivity contribution in [3.8, 4) is 0 Å². The maximum absolute atomic E-state index is 5.63. The van der Waals surface area contributed by atoms with E-state index >= 15 is 0 Å². The predicted octanol–water partition coefficient (Wildman–Crippen LogP) is 3.25. The molecule has 1 heterocycles. The van der Waals surface area contributed by atoms with Gasteiger partial charge in [0, 0.05) is 23.3 Å². The minimum atomic E-state index is 0.137. The molecule has 0 fully saturated rings. The van der Waals surface area contributed by atoms with Crippen molar-refractivity contribution in [2.75, 3.05) is 0 Å². The van der Waals surface area contributed by atoms with Crippen LogP contribution in [0.15, 0.2) is 5.38 Å². The quantitative estimate of drug-likeness (QED) is 0.615. The van der Waals surface area contributed by atoms with Crippen molar-refractivity contribution in [2.45, 2.75) is 65.3 Å². The second-order valence-electron chi connectivity index (χ2n) is 6.42. The van der Waals surface area contributed by atoms with Gasteiger partial charge in [-0.15, -0.1) is 11.3 Å². The molecule has 0 aliphatic heterocycles. The van der Waals surface area contributed by atoms with Crippen molar-refractivity contribution in [3.63, 3.8) is 0 Å². The van der Waals surface area contributed by atoms with Gasteiger partial charge in [-0.1, -0.05) is 34.6 Å². The molecule has 1 rings (SSSR count). The molecule has 1 aromatic rings. The van der Waals surface area contributed by atoms with Gasteiger partial charge < -0.3 is 0 Å². The van der Waals surface area contributed by atoms with E-state index in [9.17, 15) is 0 Å². The summed E-state index contributed by atoms with van der Waals surface area (Å²) in [6.07, 6.45) is 3.24. The number of nitrogens with one attached hydrogen (secondary N) is 1. The molecule has 0 aromatic carbocycles. The third kappa shape index (κ3) is 5.04. The first-order valence-electron chi connectivity index (χ1n) is 6.74. The van der Waals surface area contributed by atoms with E-state index in [1.165, 1.54) is 17.1 Å². The van der Waals surface area contributed by atoms with Crippen LogP contribution >= 0.6 is 11.3 Å². The predicted molar refractivity (Wildman–Crippen MR) is 79.7 cm³/mol. The number of rotatable bonds is 6. The molecule has 1 atom stereocenters. The molecule has 0 saturated heterocycles. The molecular formula is C14H27N3S. The second kappa shape index (κ2) is 6.64. The summed E-state index contributed by atoms with van der Waals surface area (Å²) in [6.45, 7) is 11.1. The third-order valence-corrected chi connectivity index (χ3v) is 3.94. The lowest BCUT2D eigenvalue weighted by Crippen LogP contribution is -2.37. The molecule has 0 bridgehead atoms. The first-order valence-corrected chi connectivity index (χ1v) is 7.62. The summed E-state index contributed by atoms with van der Waals surface area (Å²) in [5.74, 6) is 6.35. The van der Waals surface area contributed by atoms with E-state index in [0.717, 1.165) is 18.8 Å². The standard InChI is InChI=1S/C14H27N3S/c1-10(2)6-7-11(17-15)8-13-16-12(9-18-13)14(3,4)5/h9-11,17H,6-8,15H2,1-5H3. The van der Waals surface area contributed by atoms with E-state index in [2.05, 4.69) is 45.4 Å². The number of hydrazine groups is 1. The van der Waals surface area contributed by atoms with Crippen LogP contribution in [0, 0.1) is 5.92 Å². The smallest absolute Gasteiger partial charge is 0.0944 e. The van der Waals surface area contributed by atoms with Gasteiger partial charge in [-0.2, -0.15) is 0 Å². The number of nitrogens with two attached hydrogens (primary N) is 1. The van der Waals surface area contributed by atoms with Crippen LogP contribution in [0.3, 0.4) is 0 Å². The normalized spacial score (nSPS) is 14.2. The maximum Gasteiger partial charge on any atom is 0.0944 e. The number of hydrogen-bond donors (Lipinski definition) is 2. The van der Waals surface area contributed by atoms with Crippen LogP contribution in [0.5, 0.6) is 0 Å². The number of aromatic nitrogens is 1. The SMILES string of the molecule is CC(C)CCC(Cc1nc(C(C)(C)C)cs1)NN. The fourth-order valence-corrected chi connectivity index (χ4v) is 2.84. The molecule has 3 N–H and O–H groups in total. The Kier molecular flexibility index (Phi) is 5.76. The number of nitrogens with zero attached hydrogens (tertiary/aromatic N) is 1. The van der Waals surface area contributed by atoms with Gasteiger partial charge in [0.25, 0.3) is 0 Å². The van der Waals surface area contributed by atoms with Crippen LogP contribution in [0.1, 0.15) is 58.2 Å².